The molecule has 62 heavy (non-hydrogen) atoms. The van der Waals surface area contributed by atoms with Crippen molar-refractivity contribution >= 4 is 24.6 Å². The molecule has 9 heteroatoms. The number of piperidine rings is 1. The topological polar surface area (TPSA) is 80.7 Å². The van der Waals surface area contributed by atoms with Crippen molar-refractivity contribution in [1.29, 1.82) is 0 Å². The maximum absolute atomic E-state index is 15.0. The molecule has 4 aromatic rings. The quantitative estimate of drug-likeness (QED) is 0.147. The summed E-state index contributed by atoms with van der Waals surface area (Å²) in [7, 11) is -1.18. The van der Waals surface area contributed by atoms with Gasteiger partial charge in [0.25, 0.3) is 5.91 Å². The Bertz CT molecular complexity index is 2340. The molecule has 4 fully saturated rings. The number of hydrogen-bond donors (Lipinski definition) is 1. The molecule has 1 unspecified atom stereocenters. The molecule has 0 radical (unpaired) electrons. The van der Waals surface area contributed by atoms with Crippen LogP contribution in [0.2, 0.25) is 5.04 Å². The van der Waals surface area contributed by atoms with Crippen LogP contribution in [-0.4, -0.2) is 86.5 Å². The second-order valence-electron chi connectivity index (χ2n) is 20.9. The summed E-state index contributed by atoms with van der Waals surface area (Å²) < 4.78 is 27.8. The summed E-state index contributed by atoms with van der Waals surface area (Å²) in [6.45, 7) is 10.7. The first-order valence-electron chi connectivity index (χ1n) is 23.3. The normalized spacial score (nSPS) is 30.2. The number of likely N-dealkylation sites (tertiary alicyclic amines) is 1. The van der Waals surface area contributed by atoms with Gasteiger partial charge in [-0.25, -0.2) is 0 Å². The van der Waals surface area contributed by atoms with E-state index in [1.807, 2.05) is 25.2 Å². The average molecular weight is 851 g/mol. The molecule has 8 nitrogen and oxygen atoms in total. The summed E-state index contributed by atoms with van der Waals surface area (Å²) in [4.78, 5) is 19.5. The fraction of sp³-hybridized carbons (Fsp3) is 0.491. The van der Waals surface area contributed by atoms with Gasteiger partial charge in [-0.2, -0.15) is 0 Å². The van der Waals surface area contributed by atoms with E-state index in [1.54, 1.807) is 4.90 Å². The first-order chi connectivity index (χ1) is 29.9. The summed E-state index contributed by atoms with van der Waals surface area (Å²) in [5, 5.41) is 15.5. The van der Waals surface area contributed by atoms with E-state index in [9.17, 15) is 9.90 Å². The predicted octanol–water partition coefficient (Wildman–Crippen LogP) is 7.69. The van der Waals surface area contributed by atoms with Crippen molar-refractivity contribution < 1.29 is 28.5 Å². The van der Waals surface area contributed by atoms with E-state index in [1.165, 1.54) is 21.5 Å². The van der Waals surface area contributed by atoms with Gasteiger partial charge in [-0.3, -0.25) is 9.69 Å². The van der Waals surface area contributed by atoms with Crippen molar-refractivity contribution in [2.24, 2.45) is 10.8 Å². The number of benzene rings is 4. The van der Waals surface area contributed by atoms with E-state index in [0.29, 0.717) is 18.5 Å². The van der Waals surface area contributed by atoms with Gasteiger partial charge in [0.2, 0.25) is 0 Å². The Morgan fingerprint density at radius 2 is 1.58 bits per heavy atom. The van der Waals surface area contributed by atoms with E-state index in [2.05, 4.69) is 117 Å². The third-order valence-corrected chi connectivity index (χ3v) is 21.3. The van der Waals surface area contributed by atoms with E-state index < -0.39 is 30.9 Å². The Hall–Kier alpha value is -4.25. The van der Waals surface area contributed by atoms with Gasteiger partial charge in [0.1, 0.15) is 17.5 Å². The van der Waals surface area contributed by atoms with Crippen LogP contribution in [0.15, 0.2) is 115 Å². The molecule has 12 rings (SSSR count). The van der Waals surface area contributed by atoms with Crippen molar-refractivity contribution in [2.75, 3.05) is 33.4 Å². The highest BCUT2D eigenvalue weighted by Gasteiger charge is 2.79. The smallest absolute Gasteiger partial charge is 0.320 e. The van der Waals surface area contributed by atoms with Gasteiger partial charge < -0.3 is 28.6 Å². The minimum Gasteiger partial charge on any atom is -0.531 e. The Morgan fingerprint density at radius 3 is 2.23 bits per heavy atom. The van der Waals surface area contributed by atoms with Crippen LogP contribution in [0.25, 0.3) is 0 Å². The minimum absolute atomic E-state index is 0.0974. The van der Waals surface area contributed by atoms with Crippen molar-refractivity contribution in [2.45, 2.75) is 120 Å². The molecular weight excluding hydrogens is 789 g/mol. The summed E-state index contributed by atoms with van der Waals surface area (Å²) in [6, 6.07) is 36.3. The molecule has 4 bridgehead atoms. The Labute approximate surface area is 368 Å². The number of rotatable bonds is 12. The molecule has 2 spiro atoms. The second-order valence-corrected chi connectivity index (χ2v) is 25.1. The second kappa shape index (κ2) is 14.6. The maximum Gasteiger partial charge on any atom is 0.320 e. The summed E-state index contributed by atoms with van der Waals surface area (Å²) in [5.41, 5.74) is 1.76. The molecule has 324 valence electrons. The minimum atomic E-state index is -3.05. The zero-order valence-corrected chi connectivity index (χ0v) is 37.9. The molecule has 6 atom stereocenters. The molecule has 0 aromatic heterocycles. The first kappa shape index (κ1) is 40.5. The van der Waals surface area contributed by atoms with Crippen molar-refractivity contribution in [3.8, 4) is 11.5 Å². The van der Waals surface area contributed by atoms with E-state index in [-0.39, 0.29) is 28.7 Å². The van der Waals surface area contributed by atoms with Crippen LogP contribution in [0.4, 0.5) is 0 Å². The van der Waals surface area contributed by atoms with Crippen LogP contribution < -0.4 is 19.5 Å². The lowest BCUT2D eigenvalue weighted by molar-refractivity contribution is -0.193. The molecule has 1 amide bonds. The SMILES string of the molecule is CN(Cc1ccccc1)C(=O)C1=C[C@@]23CC[C@]1(O)[C@@H]1Oc4c(O[Si](c5ccccc5)(c5ccccc5)C(C)(C)C)ccc5c4[C@@]12CCN(CC1(COC2CCCCO2)CC1)[C@@H]3C5. The highest BCUT2D eigenvalue weighted by molar-refractivity contribution is 7.00. The summed E-state index contributed by atoms with van der Waals surface area (Å²) >= 11 is 0. The van der Waals surface area contributed by atoms with Crippen LogP contribution in [-0.2, 0) is 32.6 Å². The molecule has 2 saturated heterocycles. The maximum atomic E-state index is 15.0. The van der Waals surface area contributed by atoms with E-state index >= 15 is 0 Å². The third kappa shape index (κ3) is 5.94. The number of aliphatic hydroxyl groups is 1. The van der Waals surface area contributed by atoms with E-state index in [0.717, 1.165) is 94.7 Å². The Kier molecular flexibility index (Phi) is 9.57. The van der Waals surface area contributed by atoms with Gasteiger partial charge in [0, 0.05) is 54.8 Å². The lowest BCUT2D eigenvalue weighted by atomic mass is 9.38. The third-order valence-electron chi connectivity index (χ3n) is 16.4. The van der Waals surface area contributed by atoms with Gasteiger partial charge in [0.05, 0.1) is 12.0 Å². The number of carbonyl (C=O) groups excluding carboxylic acids is 1. The number of nitrogens with zero attached hydrogens (tertiary/aromatic N) is 2. The van der Waals surface area contributed by atoms with Crippen LogP contribution in [0, 0.1) is 10.8 Å². The van der Waals surface area contributed by atoms with Crippen molar-refractivity contribution in [3.05, 3.63) is 131 Å². The molecular formula is C53H62N2O6Si. The lowest BCUT2D eigenvalue weighted by Crippen LogP contribution is -2.78. The zero-order valence-electron chi connectivity index (χ0n) is 36.9. The number of hydrogen-bond acceptors (Lipinski definition) is 7. The highest BCUT2D eigenvalue weighted by Crippen LogP contribution is 2.75. The Morgan fingerprint density at radius 1 is 0.887 bits per heavy atom. The van der Waals surface area contributed by atoms with Crippen molar-refractivity contribution in [3.63, 3.8) is 0 Å². The predicted molar refractivity (Wildman–Crippen MR) is 243 cm³/mol. The summed E-state index contributed by atoms with van der Waals surface area (Å²) in [5.74, 6) is 1.40. The number of amides is 1. The lowest BCUT2D eigenvalue weighted by Gasteiger charge is -2.70. The highest BCUT2D eigenvalue weighted by atomic mass is 28.4. The van der Waals surface area contributed by atoms with Gasteiger partial charge in [0.15, 0.2) is 12.0 Å². The first-order valence-corrected chi connectivity index (χ1v) is 25.2. The molecule has 3 heterocycles. The van der Waals surface area contributed by atoms with Crippen LogP contribution in [0.5, 0.6) is 11.5 Å². The fourth-order valence-corrected chi connectivity index (χ4v) is 17.6. The van der Waals surface area contributed by atoms with E-state index in [4.69, 9.17) is 18.6 Å². The van der Waals surface area contributed by atoms with Crippen molar-refractivity contribution in [1.82, 2.24) is 9.80 Å². The zero-order chi connectivity index (χ0) is 42.5. The van der Waals surface area contributed by atoms with Crippen LogP contribution in [0.3, 0.4) is 0 Å². The number of carbonyl (C=O) groups is 1. The Balaban J connectivity index is 1.03. The largest absolute Gasteiger partial charge is 0.531 e. The van der Waals surface area contributed by atoms with Gasteiger partial charge in [-0.1, -0.05) is 124 Å². The summed E-state index contributed by atoms with van der Waals surface area (Å²) in [6.07, 6.45) is 10.1. The number of fused-ring (bicyclic) bond motifs is 1. The standard InChI is InChI=1S/C53H62N2O6Si/c1-49(2,3)62(39-18-10-6-11-19-39,40-20-12-7-13-21-40)61-42-24-23-38-32-43-51-27-28-53(57,41(33-51)47(56)54(4)34-37-16-8-5-9-17-37)48-52(51,45(38)46(42)60-48)29-30-55(43)35-50(25-26-50)36-59-44-22-14-15-31-58-44/h5-13,16-21,23-24,33,43-44,48,57H,14-15,22,25-32,34-36H2,1-4H3/t43-,44?,48-,51-,52+,53-/m1/s1. The van der Waals surface area contributed by atoms with Crippen LogP contribution >= 0.6 is 0 Å². The van der Waals surface area contributed by atoms with Gasteiger partial charge in [-0.05, 0) is 96.9 Å². The number of likely N-dealkylation sites (N-methyl/N-ethyl adjacent to an activating group) is 1. The molecule has 3 aliphatic heterocycles. The molecule has 4 aromatic carbocycles. The molecule has 5 aliphatic carbocycles. The number of ether oxygens (including phenoxy) is 3. The fourth-order valence-electron chi connectivity index (χ4n) is 13.2. The molecule has 8 aliphatic rings. The molecule has 1 N–H and O–H groups in total. The average Bonchev–Trinajstić information content (AvgIpc) is 3.96. The van der Waals surface area contributed by atoms with Gasteiger partial charge in [-0.15, -0.1) is 0 Å². The monoisotopic (exact) mass is 850 g/mol. The van der Waals surface area contributed by atoms with Gasteiger partial charge >= 0.3 is 8.32 Å². The van der Waals surface area contributed by atoms with Crippen LogP contribution in [0.1, 0.15) is 88.8 Å². The molecule has 2 saturated carbocycles.